The van der Waals surface area contributed by atoms with Crippen molar-refractivity contribution in [2.75, 3.05) is 23.7 Å². The molecule has 1 aromatic rings. The van der Waals surface area contributed by atoms with Crippen LogP contribution < -0.4 is 16.0 Å². The highest BCUT2D eigenvalue weighted by atomic mass is 19.1. The lowest BCUT2D eigenvalue weighted by Gasteiger charge is -2.23. The molecule has 8 nitrogen and oxygen atoms in total. The molecule has 1 saturated heterocycles. The van der Waals surface area contributed by atoms with Gasteiger partial charge in [0.1, 0.15) is 17.1 Å². The van der Waals surface area contributed by atoms with E-state index in [0.717, 1.165) is 12.1 Å². The molecule has 0 aliphatic carbocycles. The fourth-order valence-corrected chi connectivity index (χ4v) is 2.61. The quantitative estimate of drug-likeness (QED) is 0.497. The topological polar surface area (TPSA) is 111 Å². The predicted molar refractivity (Wildman–Crippen MR) is 87.5 cm³/mol. The third-order valence-electron chi connectivity index (χ3n) is 3.56. The van der Waals surface area contributed by atoms with Gasteiger partial charge in [0.25, 0.3) is 5.69 Å². The minimum Gasteiger partial charge on any atom is -0.444 e. The lowest BCUT2D eigenvalue weighted by molar-refractivity contribution is -0.384. The largest absolute Gasteiger partial charge is 0.444 e. The van der Waals surface area contributed by atoms with Crippen LogP contribution >= 0.6 is 0 Å². The fourth-order valence-electron chi connectivity index (χ4n) is 2.61. The van der Waals surface area contributed by atoms with Gasteiger partial charge in [0, 0.05) is 19.2 Å². The van der Waals surface area contributed by atoms with E-state index in [9.17, 15) is 19.3 Å². The van der Waals surface area contributed by atoms with Gasteiger partial charge in [0.05, 0.1) is 16.7 Å². The average molecular weight is 340 g/mol. The molecule has 1 heterocycles. The molecule has 2 rings (SSSR count). The van der Waals surface area contributed by atoms with E-state index in [0.29, 0.717) is 13.0 Å². The number of nitrogens with zero attached hydrogens (tertiary/aromatic N) is 2. The van der Waals surface area contributed by atoms with Gasteiger partial charge in [0.15, 0.2) is 0 Å². The molecule has 0 spiro atoms. The second-order valence-corrected chi connectivity index (χ2v) is 6.66. The zero-order valence-electron chi connectivity index (χ0n) is 13.8. The molecule has 24 heavy (non-hydrogen) atoms. The first-order valence-electron chi connectivity index (χ1n) is 7.55. The summed E-state index contributed by atoms with van der Waals surface area (Å²) in [6.07, 6.45) is -0.0112. The number of amides is 1. The smallest absolute Gasteiger partial charge is 0.407 e. The molecule has 3 N–H and O–H groups in total. The van der Waals surface area contributed by atoms with Crippen molar-refractivity contribution in [3.63, 3.8) is 0 Å². The number of nitro benzene ring substituents is 1. The summed E-state index contributed by atoms with van der Waals surface area (Å²) < 4.78 is 18.9. The van der Waals surface area contributed by atoms with E-state index < -0.39 is 22.4 Å². The Labute approximate surface area is 138 Å². The first kappa shape index (κ1) is 17.8. The van der Waals surface area contributed by atoms with Crippen molar-refractivity contribution < 1.29 is 18.8 Å². The second kappa shape index (κ2) is 6.50. The number of nitrogen functional groups attached to an aromatic ring is 1. The van der Waals surface area contributed by atoms with E-state index in [1.807, 2.05) is 0 Å². The van der Waals surface area contributed by atoms with Crippen LogP contribution in [0.3, 0.4) is 0 Å². The number of benzene rings is 1. The lowest BCUT2D eigenvalue weighted by atomic mass is 10.2. The summed E-state index contributed by atoms with van der Waals surface area (Å²) in [5, 5.41) is 13.9. The van der Waals surface area contributed by atoms with Crippen LogP contribution in [0.5, 0.6) is 0 Å². The van der Waals surface area contributed by atoms with Gasteiger partial charge in [-0.05, 0) is 33.3 Å². The summed E-state index contributed by atoms with van der Waals surface area (Å²) in [4.78, 5) is 24.0. The molecule has 0 radical (unpaired) electrons. The van der Waals surface area contributed by atoms with Gasteiger partial charge in [-0.2, -0.15) is 0 Å². The monoisotopic (exact) mass is 340 g/mol. The number of nitrogens with one attached hydrogen (secondary N) is 1. The fraction of sp³-hybridized carbons (Fsp3) is 0.533. The van der Waals surface area contributed by atoms with E-state index in [1.54, 1.807) is 25.7 Å². The first-order valence-corrected chi connectivity index (χ1v) is 7.55. The first-order chi connectivity index (χ1) is 11.1. The molecule has 1 fully saturated rings. The van der Waals surface area contributed by atoms with Gasteiger partial charge in [-0.1, -0.05) is 0 Å². The van der Waals surface area contributed by atoms with E-state index in [2.05, 4.69) is 5.32 Å². The van der Waals surface area contributed by atoms with Gasteiger partial charge in [-0.25, -0.2) is 9.18 Å². The van der Waals surface area contributed by atoms with Gasteiger partial charge >= 0.3 is 6.09 Å². The van der Waals surface area contributed by atoms with Crippen molar-refractivity contribution in [3.8, 4) is 0 Å². The molecule has 1 aromatic carbocycles. The Hall–Kier alpha value is -2.58. The van der Waals surface area contributed by atoms with Gasteiger partial charge in [-0.15, -0.1) is 0 Å². The highest BCUT2D eigenvalue weighted by Crippen LogP contribution is 2.37. The number of alkyl carbamates (subject to hydrolysis) is 1. The average Bonchev–Trinajstić information content (AvgIpc) is 2.87. The molecule has 1 aliphatic heterocycles. The molecule has 0 saturated carbocycles. The maximum Gasteiger partial charge on any atom is 0.407 e. The van der Waals surface area contributed by atoms with Crippen LogP contribution in [-0.2, 0) is 4.74 Å². The Kier molecular flexibility index (Phi) is 4.81. The Morgan fingerprint density at radius 3 is 2.75 bits per heavy atom. The van der Waals surface area contributed by atoms with Crippen molar-refractivity contribution in [3.05, 3.63) is 28.1 Å². The number of ether oxygens (including phenoxy) is 1. The summed E-state index contributed by atoms with van der Waals surface area (Å²) in [6, 6.07) is 1.81. The minimum atomic E-state index is -0.709. The van der Waals surface area contributed by atoms with Gasteiger partial charge < -0.3 is 20.7 Å². The summed E-state index contributed by atoms with van der Waals surface area (Å²) in [6.45, 7) is 5.96. The van der Waals surface area contributed by atoms with Crippen LogP contribution in [0.15, 0.2) is 12.1 Å². The highest BCUT2D eigenvalue weighted by molar-refractivity contribution is 5.79. The molecule has 9 heteroatoms. The van der Waals surface area contributed by atoms with Crippen molar-refractivity contribution in [2.45, 2.75) is 38.8 Å². The molecule has 132 valence electrons. The van der Waals surface area contributed by atoms with E-state index >= 15 is 0 Å². The number of carbonyl (C=O) groups excluding carboxylic acids is 1. The van der Waals surface area contributed by atoms with Crippen LogP contribution in [0, 0.1) is 15.9 Å². The summed E-state index contributed by atoms with van der Waals surface area (Å²) in [5.74, 6) is -0.709. The van der Waals surface area contributed by atoms with Crippen molar-refractivity contribution >= 4 is 23.2 Å². The van der Waals surface area contributed by atoms with Crippen LogP contribution in [0.1, 0.15) is 27.2 Å². The summed E-state index contributed by atoms with van der Waals surface area (Å²) >= 11 is 0. The SMILES string of the molecule is CC(C)(C)OC(=O)NC1CCN(c2c([N+](=O)[O-])ccc(F)c2N)C1. The normalized spacial score (nSPS) is 17.7. The maximum absolute atomic E-state index is 13.7. The molecule has 0 aromatic heterocycles. The summed E-state index contributed by atoms with van der Waals surface area (Å²) in [7, 11) is 0. The Balaban J connectivity index is 2.13. The lowest BCUT2D eigenvalue weighted by Crippen LogP contribution is -2.40. The third-order valence-corrected chi connectivity index (χ3v) is 3.56. The molecule has 1 aliphatic rings. The van der Waals surface area contributed by atoms with Crippen molar-refractivity contribution in [1.29, 1.82) is 0 Å². The Bertz CT molecular complexity index is 660. The van der Waals surface area contributed by atoms with Gasteiger partial charge in [0.2, 0.25) is 0 Å². The van der Waals surface area contributed by atoms with E-state index in [4.69, 9.17) is 10.5 Å². The second-order valence-electron chi connectivity index (χ2n) is 6.66. The standard InChI is InChI=1S/C15H21FN4O4/c1-15(2,3)24-14(21)18-9-6-7-19(8-9)13-11(20(22)23)5-4-10(16)12(13)17/h4-5,9H,6-8,17H2,1-3H3,(H,18,21). The van der Waals surface area contributed by atoms with Crippen LogP contribution in [0.4, 0.5) is 26.2 Å². The van der Waals surface area contributed by atoms with Crippen LogP contribution in [0.25, 0.3) is 0 Å². The summed E-state index contributed by atoms with van der Waals surface area (Å²) in [5.41, 5.74) is 4.61. The zero-order chi connectivity index (χ0) is 18.1. The molecular weight excluding hydrogens is 319 g/mol. The number of hydrogen-bond donors (Lipinski definition) is 2. The number of nitro groups is 1. The molecule has 1 amide bonds. The van der Waals surface area contributed by atoms with E-state index in [1.165, 1.54) is 0 Å². The highest BCUT2D eigenvalue weighted by Gasteiger charge is 2.32. The molecular formula is C15H21FN4O4. The van der Waals surface area contributed by atoms with Crippen LogP contribution in [-0.4, -0.2) is 35.7 Å². The third kappa shape index (κ3) is 4.03. The zero-order valence-corrected chi connectivity index (χ0v) is 13.8. The molecule has 1 atom stereocenters. The number of nitrogens with two attached hydrogens (primary N) is 1. The molecule has 1 unspecified atom stereocenters. The number of hydrogen-bond acceptors (Lipinski definition) is 6. The number of halogens is 1. The minimum absolute atomic E-state index is 0.0495. The Morgan fingerprint density at radius 1 is 1.50 bits per heavy atom. The number of rotatable bonds is 3. The number of carbonyl (C=O) groups is 1. The van der Waals surface area contributed by atoms with Gasteiger partial charge in [-0.3, -0.25) is 10.1 Å². The van der Waals surface area contributed by atoms with Crippen molar-refractivity contribution in [1.82, 2.24) is 5.32 Å². The predicted octanol–water partition coefficient (Wildman–Crippen LogP) is 2.42. The number of anilines is 2. The van der Waals surface area contributed by atoms with Crippen LogP contribution in [0.2, 0.25) is 0 Å². The Morgan fingerprint density at radius 2 is 2.17 bits per heavy atom. The van der Waals surface area contributed by atoms with Crippen molar-refractivity contribution in [2.24, 2.45) is 0 Å². The molecule has 0 bridgehead atoms. The maximum atomic E-state index is 13.7. The van der Waals surface area contributed by atoms with E-state index in [-0.39, 0.29) is 29.6 Å².